The maximum absolute atomic E-state index is 8.82. The second-order valence-electron chi connectivity index (χ2n) is 5.09. The minimum absolute atomic E-state index is 0.0293. The summed E-state index contributed by atoms with van der Waals surface area (Å²) >= 11 is 0. The highest BCUT2D eigenvalue weighted by molar-refractivity contribution is 5.48. The van der Waals surface area contributed by atoms with Crippen molar-refractivity contribution in [2.75, 3.05) is 7.11 Å². The van der Waals surface area contributed by atoms with E-state index in [4.69, 9.17) is 10.00 Å². The summed E-state index contributed by atoms with van der Waals surface area (Å²) in [6.07, 6.45) is 0.397. The van der Waals surface area contributed by atoms with Gasteiger partial charge in [0.05, 0.1) is 19.6 Å². The van der Waals surface area contributed by atoms with Crippen LogP contribution in [0.1, 0.15) is 37.5 Å². The Kier molecular flexibility index (Phi) is 3.59. The summed E-state index contributed by atoms with van der Waals surface area (Å²) in [4.78, 5) is 0. The third-order valence-electron chi connectivity index (χ3n) is 2.59. The molecule has 0 spiro atoms. The highest BCUT2D eigenvalue weighted by atomic mass is 16.5. The standard InChI is InChI=1S/C14H19NO/c1-10-8-11(6-7-15)13(16-5)12(9-10)14(2,3)4/h8-9H,6H2,1-5H3. The van der Waals surface area contributed by atoms with E-state index in [1.165, 1.54) is 11.1 Å². The highest BCUT2D eigenvalue weighted by Crippen LogP contribution is 2.35. The lowest BCUT2D eigenvalue weighted by molar-refractivity contribution is 0.393. The molecule has 2 nitrogen and oxygen atoms in total. The molecule has 0 unspecified atom stereocenters. The summed E-state index contributed by atoms with van der Waals surface area (Å²) in [6, 6.07) is 6.35. The molecular formula is C14H19NO. The molecule has 0 amide bonds. The third kappa shape index (κ3) is 2.55. The number of rotatable bonds is 2. The number of nitriles is 1. The Hall–Kier alpha value is -1.49. The molecule has 0 saturated heterocycles. The molecule has 0 N–H and O–H groups in total. The zero-order chi connectivity index (χ0) is 12.3. The van der Waals surface area contributed by atoms with Gasteiger partial charge < -0.3 is 4.74 Å². The number of nitrogens with zero attached hydrogens (tertiary/aromatic N) is 1. The molecule has 2 heteroatoms. The Balaban J connectivity index is 3.43. The van der Waals surface area contributed by atoms with E-state index >= 15 is 0 Å². The minimum atomic E-state index is 0.0293. The van der Waals surface area contributed by atoms with Gasteiger partial charge in [-0.25, -0.2) is 0 Å². The van der Waals surface area contributed by atoms with Crippen molar-refractivity contribution in [3.05, 3.63) is 28.8 Å². The predicted octanol–water partition coefficient (Wildman–Crippen LogP) is 3.37. The summed E-state index contributed by atoms with van der Waals surface area (Å²) < 4.78 is 5.46. The van der Waals surface area contributed by atoms with Gasteiger partial charge in [-0.05, 0) is 12.3 Å². The number of benzene rings is 1. The van der Waals surface area contributed by atoms with E-state index in [-0.39, 0.29) is 5.41 Å². The van der Waals surface area contributed by atoms with Crippen molar-refractivity contribution >= 4 is 0 Å². The summed E-state index contributed by atoms with van der Waals surface area (Å²) in [5.74, 6) is 0.861. The molecule has 0 fully saturated rings. The first kappa shape index (κ1) is 12.6. The van der Waals surface area contributed by atoms with Crippen molar-refractivity contribution in [1.82, 2.24) is 0 Å². The van der Waals surface area contributed by atoms with Gasteiger partial charge in [0.1, 0.15) is 5.75 Å². The fourth-order valence-corrected chi connectivity index (χ4v) is 1.86. The number of hydrogen-bond acceptors (Lipinski definition) is 2. The van der Waals surface area contributed by atoms with Gasteiger partial charge >= 0.3 is 0 Å². The van der Waals surface area contributed by atoms with Crippen LogP contribution in [0.3, 0.4) is 0 Å². The van der Waals surface area contributed by atoms with E-state index in [1.54, 1.807) is 7.11 Å². The van der Waals surface area contributed by atoms with Crippen LogP contribution in [-0.4, -0.2) is 7.11 Å². The summed E-state index contributed by atoms with van der Waals surface area (Å²) in [6.45, 7) is 8.51. The van der Waals surface area contributed by atoms with Crippen LogP contribution in [-0.2, 0) is 11.8 Å². The van der Waals surface area contributed by atoms with E-state index in [9.17, 15) is 0 Å². The molecule has 0 atom stereocenters. The first-order valence-corrected chi connectivity index (χ1v) is 5.45. The van der Waals surface area contributed by atoms with Gasteiger partial charge in [0.15, 0.2) is 0 Å². The van der Waals surface area contributed by atoms with E-state index in [0.717, 1.165) is 11.3 Å². The number of ether oxygens (including phenoxy) is 1. The summed E-state index contributed by atoms with van der Waals surface area (Å²) in [5.41, 5.74) is 3.35. The Morgan fingerprint density at radius 3 is 2.38 bits per heavy atom. The SMILES string of the molecule is COc1c(CC#N)cc(C)cc1C(C)(C)C. The second kappa shape index (κ2) is 4.57. The molecule has 0 aliphatic heterocycles. The van der Waals surface area contributed by atoms with Crippen LogP contribution in [0.2, 0.25) is 0 Å². The van der Waals surface area contributed by atoms with E-state index in [1.807, 2.05) is 6.07 Å². The van der Waals surface area contributed by atoms with Crippen molar-refractivity contribution in [3.8, 4) is 11.8 Å². The molecule has 0 aromatic heterocycles. The van der Waals surface area contributed by atoms with Gasteiger partial charge in [0.2, 0.25) is 0 Å². The maximum Gasteiger partial charge on any atom is 0.126 e. The highest BCUT2D eigenvalue weighted by Gasteiger charge is 2.21. The lowest BCUT2D eigenvalue weighted by atomic mass is 9.84. The van der Waals surface area contributed by atoms with Gasteiger partial charge in [-0.2, -0.15) is 5.26 Å². The van der Waals surface area contributed by atoms with Gasteiger partial charge in [-0.1, -0.05) is 38.5 Å². The fraction of sp³-hybridized carbons (Fsp3) is 0.500. The van der Waals surface area contributed by atoms with Crippen LogP contribution < -0.4 is 4.74 Å². The molecule has 1 rings (SSSR count). The smallest absolute Gasteiger partial charge is 0.126 e. The molecule has 0 bridgehead atoms. The average Bonchev–Trinajstić information content (AvgIpc) is 2.16. The molecule has 86 valence electrons. The zero-order valence-electron chi connectivity index (χ0n) is 10.7. The summed E-state index contributed by atoms with van der Waals surface area (Å²) in [5, 5.41) is 8.82. The summed E-state index contributed by atoms with van der Waals surface area (Å²) in [7, 11) is 1.67. The quantitative estimate of drug-likeness (QED) is 0.761. The first-order chi connectivity index (χ1) is 7.40. The van der Waals surface area contributed by atoms with Crippen LogP contribution in [0.25, 0.3) is 0 Å². The fourth-order valence-electron chi connectivity index (χ4n) is 1.86. The number of aryl methyl sites for hydroxylation is 1. The largest absolute Gasteiger partial charge is 0.496 e. The van der Waals surface area contributed by atoms with Crippen LogP contribution >= 0.6 is 0 Å². The van der Waals surface area contributed by atoms with Gasteiger partial charge in [-0.3, -0.25) is 0 Å². The van der Waals surface area contributed by atoms with Gasteiger partial charge in [0.25, 0.3) is 0 Å². The Morgan fingerprint density at radius 1 is 1.31 bits per heavy atom. The van der Waals surface area contributed by atoms with E-state index < -0.39 is 0 Å². The topological polar surface area (TPSA) is 33.0 Å². The van der Waals surface area contributed by atoms with Gasteiger partial charge in [-0.15, -0.1) is 0 Å². The molecule has 0 saturated carbocycles. The van der Waals surface area contributed by atoms with Crippen molar-refractivity contribution < 1.29 is 4.74 Å². The number of methoxy groups -OCH3 is 1. The van der Waals surface area contributed by atoms with Crippen molar-refractivity contribution in [3.63, 3.8) is 0 Å². The molecular weight excluding hydrogens is 198 g/mol. The van der Waals surface area contributed by atoms with Gasteiger partial charge in [0, 0.05) is 11.1 Å². The first-order valence-electron chi connectivity index (χ1n) is 5.45. The second-order valence-corrected chi connectivity index (χ2v) is 5.09. The molecule has 1 aromatic rings. The normalized spacial score (nSPS) is 11.0. The average molecular weight is 217 g/mol. The molecule has 0 aliphatic rings. The maximum atomic E-state index is 8.82. The van der Waals surface area contributed by atoms with Crippen molar-refractivity contribution in [2.45, 2.75) is 39.5 Å². The minimum Gasteiger partial charge on any atom is -0.496 e. The van der Waals surface area contributed by atoms with Crippen LogP contribution in [0.5, 0.6) is 5.75 Å². The lowest BCUT2D eigenvalue weighted by Crippen LogP contribution is -2.14. The van der Waals surface area contributed by atoms with Crippen LogP contribution in [0, 0.1) is 18.3 Å². The zero-order valence-corrected chi connectivity index (χ0v) is 10.7. The monoisotopic (exact) mass is 217 g/mol. The van der Waals surface area contributed by atoms with E-state index in [0.29, 0.717) is 6.42 Å². The molecule has 16 heavy (non-hydrogen) atoms. The predicted molar refractivity (Wildman–Crippen MR) is 65.7 cm³/mol. The molecule has 1 aromatic carbocycles. The van der Waals surface area contributed by atoms with Crippen molar-refractivity contribution in [2.24, 2.45) is 0 Å². The number of hydrogen-bond donors (Lipinski definition) is 0. The Morgan fingerprint density at radius 2 is 1.94 bits per heavy atom. The van der Waals surface area contributed by atoms with E-state index in [2.05, 4.69) is 39.8 Å². The van der Waals surface area contributed by atoms with Crippen LogP contribution in [0.15, 0.2) is 12.1 Å². The Bertz CT molecular complexity index is 422. The van der Waals surface area contributed by atoms with Crippen LogP contribution in [0.4, 0.5) is 0 Å². The molecule has 0 radical (unpaired) electrons. The van der Waals surface area contributed by atoms with Crippen molar-refractivity contribution in [1.29, 1.82) is 5.26 Å². The third-order valence-corrected chi connectivity index (χ3v) is 2.59. The molecule has 0 aliphatic carbocycles. The molecule has 0 heterocycles. The lowest BCUT2D eigenvalue weighted by Gasteiger charge is -2.24. The Labute approximate surface area is 97.9 Å².